The highest BCUT2D eigenvalue weighted by molar-refractivity contribution is 6.30. The Morgan fingerprint density at radius 2 is 1.92 bits per heavy atom. The molecule has 0 atom stereocenters. The van der Waals surface area contributed by atoms with E-state index in [0.717, 1.165) is 11.1 Å². The maximum absolute atomic E-state index is 12.5. The van der Waals surface area contributed by atoms with Crippen molar-refractivity contribution in [2.75, 3.05) is 0 Å². The minimum Gasteiger partial charge on any atom is -0.483 e. The van der Waals surface area contributed by atoms with E-state index < -0.39 is 0 Å². The fraction of sp³-hybridized carbons (Fsp3) is 0.150. The van der Waals surface area contributed by atoms with E-state index in [1.807, 2.05) is 44.2 Å². The van der Waals surface area contributed by atoms with Crippen molar-refractivity contribution in [1.82, 2.24) is 0 Å². The fourth-order valence-electron chi connectivity index (χ4n) is 2.85. The van der Waals surface area contributed by atoms with Gasteiger partial charge in [0.15, 0.2) is 5.43 Å². The molecule has 0 fully saturated rings. The minimum atomic E-state index is -0.383. The van der Waals surface area contributed by atoms with Gasteiger partial charge in [-0.15, -0.1) is 0 Å². The summed E-state index contributed by atoms with van der Waals surface area (Å²) in [6.45, 7) is 3.96. The predicted molar refractivity (Wildman–Crippen MR) is 96.7 cm³/mol. The van der Waals surface area contributed by atoms with Gasteiger partial charge in [-0.2, -0.15) is 0 Å². The fourth-order valence-corrected chi connectivity index (χ4v) is 3.04. The molecule has 0 unspecified atom stereocenters. The van der Waals surface area contributed by atoms with Gasteiger partial charge in [0, 0.05) is 16.7 Å². The smallest absolute Gasteiger partial charge is 0.193 e. The van der Waals surface area contributed by atoms with Gasteiger partial charge in [0.25, 0.3) is 0 Å². The largest absolute Gasteiger partial charge is 0.483 e. The summed E-state index contributed by atoms with van der Waals surface area (Å²) >= 11 is 6.05. The molecule has 0 aliphatic carbocycles. The Kier molecular flexibility index (Phi) is 3.29. The normalized spacial score (nSPS) is 15.1. The standard InChI is InChI=1S/C20H15ClO3/c1-20(2)9-8-15-17(24-20)7-6-14-16(22)11-18(23-19(14)15)12-4-3-5-13(21)10-12/h3-11H,1-2H3. The number of hydrogen-bond acceptors (Lipinski definition) is 3. The summed E-state index contributed by atoms with van der Waals surface area (Å²) in [4.78, 5) is 12.5. The van der Waals surface area contributed by atoms with Crippen LogP contribution in [0, 0.1) is 0 Å². The molecule has 3 aromatic rings. The van der Waals surface area contributed by atoms with Crippen LogP contribution in [0.3, 0.4) is 0 Å². The SMILES string of the molecule is CC1(C)C=Cc2c(ccc3c(=O)cc(-c4cccc(Cl)c4)oc23)O1. The van der Waals surface area contributed by atoms with Gasteiger partial charge in [-0.25, -0.2) is 0 Å². The summed E-state index contributed by atoms with van der Waals surface area (Å²) in [5, 5.41) is 1.13. The van der Waals surface area contributed by atoms with Crippen LogP contribution in [0.2, 0.25) is 5.02 Å². The lowest BCUT2D eigenvalue weighted by Crippen LogP contribution is -2.27. The highest BCUT2D eigenvalue weighted by Crippen LogP contribution is 2.36. The molecule has 2 aromatic carbocycles. The number of rotatable bonds is 1. The Morgan fingerprint density at radius 1 is 1.08 bits per heavy atom. The number of benzene rings is 2. The van der Waals surface area contributed by atoms with Crippen LogP contribution in [-0.4, -0.2) is 5.60 Å². The summed E-state index contributed by atoms with van der Waals surface area (Å²) in [5.41, 5.74) is 1.60. The van der Waals surface area contributed by atoms with Crippen LogP contribution in [0.25, 0.3) is 28.4 Å². The molecule has 2 heterocycles. The molecule has 1 aromatic heterocycles. The molecule has 0 radical (unpaired) electrons. The van der Waals surface area contributed by atoms with Gasteiger partial charge in [-0.05, 0) is 50.3 Å². The Morgan fingerprint density at radius 3 is 2.71 bits per heavy atom. The molecule has 24 heavy (non-hydrogen) atoms. The van der Waals surface area contributed by atoms with Gasteiger partial charge in [0.05, 0.1) is 10.9 Å². The van der Waals surface area contributed by atoms with Gasteiger partial charge in [0.2, 0.25) is 0 Å². The van der Waals surface area contributed by atoms with E-state index in [1.54, 1.807) is 18.2 Å². The minimum absolute atomic E-state index is 0.0905. The van der Waals surface area contributed by atoms with E-state index in [-0.39, 0.29) is 11.0 Å². The zero-order valence-corrected chi connectivity index (χ0v) is 14.1. The summed E-state index contributed by atoms with van der Waals surface area (Å²) in [7, 11) is 0. The summed E-state index contributed by atoms with van der Waals surface area (Å²) in [6, 6.07) is 12.3. The van der Waals surface area contributed by atoms with Crippen LogP contribution in [0.1, 0.15) is 19.4 Å². The molecule has 1 aliphatic rings. The van der Waals surface area contributed by atoms with E-state index in [0.29, 0.717) is 27.5 Å². The second-order valence-electron chi connectivity index (χ2n) is 6.38. The lowest BCUT2D eigenvalue weighted by molar-refractivity contribution is 0.159. The number of hydrogen-bond donors (Lipinski definition) is 0. The van der Waals surface area contributed by atoms with Crippen molar-refractivity contribution >= 4 is 28.6 Å². The van der Waals surface area contributed by atoms with Crippen molar-refractivity contribution in [2.24, 2.45) is 0 Å². The second-order valence-corrected chi connectivity index (χ2v) is 6.81. The topological polar surface area (TPSA) is 39.4 Å². The molecule has 3 nitrogen and oxygen atoms in total. The third kappa shape index (κ3) is 2.51. The third-order valence-electron chi connectivity index (χ3n) is 4.03. The molecule has 1 aliphatic heterocycles. The molecule has 0 bridgehead atoms. The molecule has 0 saturated heterocycles. The monoisotopic (exact) mass is 338 g/mol. The van der Waals surface area contributed by atoms with Gasteiger partial charge in [0.1, 0.15) is 22.7 Å². The first-order valence-electron chi connectivity index (χ1n) is 7.68. The average molecular weight is 339 g/mol. The van der Waals surface area contributed by atoms with Crippen molar-refractivity contribution in [3.05, 3.63) is 69.4 Å². The van der Waals surface area contributed by atoms with Crippen molar-refractivity contribution < 1.29 is 9.15 Å². The van der Waals surface area contributed by atoms with Crippen molar-refractivity contribution in [2.45, 2.75) is 19.4 Å². The van der Waals surface area contributed by atoms with Crippen LogP contribution in [-0.2, 0) is 0 Å². The Hall–Kier alpha value is -2.52. The van der Waals surface area contributed by atoms with Crippen molar-refractivity contribution in [1.29, 1.82) is 0 Å². The molecule has 0 N–H and O–H groups in total. The van der Waals surface area contributed by atoms with Gasteiger partial charge in [-0.3, -0.25) is 4.79 Å². The molecule has 4 rings (SSSR count). The van der Waals surface area contributed by atoms with Gasteiger partial charge >= 0.3 is 0 Å². The van der Waals surface area contributed by atoms with Gasteiger partial charge in [-0.1, -0.05) is 23.7 Å². The quantitative estimate of drug-likeness (QED) is 0.604. The first-order chi connectivity index (χ1) is 11.4. The molecule has 4 heteroatoms. The number of fused-ring (bicyclic) bond motifs is 3. The Balaban J connectivity index is 1.99. The Bertz CT molecular complexity index is 1040. The van der Waals surface area contributed by atoms with Crippen molar-refractivity contribution in [3.63, 3.8) is 0 Å². The molecular weight excluding hydrogens is 324 g/mol. The maximum atomic E-state index is 12.5. The van der Waals surface area contributed by atoms with E-state index >= 15 is 0 Å². The summed E-state index contributed by atoms with van der Waals surface area (Å²) < 4.78 is 12.0. The van der Waals surface area contributed by atoms with Crippen LogP contribution in [0.15, 0.2) is 57.8 Å². The average Bonchev–Trinajstić information content (AvgIpc) is 2.53. The lowest BCUT2D eigenvalue weighted by atomic mass is 10.0. The molecule has 120 valence electrons. The molecule has 0 amide bonds. The highest BCUT2D eigenvalue weighted by Gasteiger charge is 2.24. The first kappa shape index (κ1) is 15.0. The number of halogens is 1. The van der Waals surface area contributed by atoms with E-state index in [1.165, 1.54) is 6.07 Å². The highest BCUT2D eigenvalue weighted by atomic mass is 35.5. The molecule has 0 saturated carbocycles. The second kappa shape index (κ2) is 5.25. The zero-order chi connectivity index (χ0) is 16.9. The lowest BCUT2D eigenvalue weighted by Gasteiger charge is -2.28. The van der Waals surface area contributed by atoms with E-state index in [2.05, 4.69) is 0 Å². The van der Waals surface area contributed by atoms with Crippen LogP contribution >= 0.6 is 11.6 Å². The van der Waals surface area contributed by atoms with Crippen LogP contribution in [0.5, 0.6) is 5.75 Å². The maximum Gasteiger partial charge on any atom is 0.193 e. The van der Waals surface area contributed by atoms with Crippen LogP contribution in [0.4, 0.5) is 0 Å². The Labute approximate surface area is 144 Å². The van der Waals surface area contributed by atoms with Gasteiger partial charge < -0.3 is 9.15 Å². The van der Waals surface area contributed by atoms with E-state index in [9.17, 15) is 4.79 Å². The van der Waals surface area contributed by atoms with E-state index in [4.69, 9.17) is 20.8 Å². The number of ether oxygens (including phenoxy) is 1. The first-order valence-corrected chi connectivity index (χ1v) is 8.06. The summed E-state index contributed by atoms with van der Waals surface area (Å²) in [6.07, 6.45) is 3.91. The molecular formula is C20H15ClO3. The zero-order valence-electron chi connectivity index (χ0n) is 13.3. The van der Waals surface area contributed by atoms with Crippen LogP contribution < -0.4 is 10.2 Å². The molecule has 0 spiro atoms. The summed E-state index contributed by atoms with van der Waals surface area (Å²) in [5.74, 6) is 1.20. The van der Waals surface area contributed by atoms with Crippen molar-refractivity contribution in [3.8, 4) is 17.1 Å². The predicted octanol–water partition coefficient (Wildman–Crippen LogP) is 5.30. The third-order valence-corrected chi connectivity index (χ3v) is 4.26.